The fourth-order valence-corrected chi connectivity index (χ4v) is 2.81. The van der Waals surface area contributed by atoms with Crippen molar-refractivity contribution in [3.05, 3.63) is 35.6 Å². The van der Waals surface area contributed by atoms with Gasteiger partial charge in [0.1, 0.15) is 5.82 Å². The van der Waals surface area contributed by atoms with Crippen molar-refractivity contribution in [1.29, 1.82) is 0 Å². The minimum Gasteiger partial charge on any atom is -0.329 e. The maximum atomic E-state index is 12.9. The molecule has 1 aromatic rings. The number of urea groups is 1. The number of hydrogen-bond acceptors (Lipinski definition) is 2. The van der Waals surface area contributed by atoms with Gasteiger partial charge in [0.15, 0.2) is 0 Å². The second kappa shape index (κ2) is 5.17. The number of rotatable bonds is 3. The third kappa shape index (κ3) is 2.71. The Bertz CT molecular complexity index is 456. The Morgan fingerprint density at radius 3 is 2.79 bits per heavy atom. The van der Waals surface area contributed by atoms with Crippen LogP contribution >= 0.6 is 0 Å². The highest BCUT2D eigenvalue weighted by Gasteiger charge is 2.31. The Morgan fingerprint density at radius 2 is 2.11 bits per heavy atom. The lowest BCUT2D eigenvalue weighted by atomic mass is 10.1. The molecule has 2 fully saturated rings. The molecule has 2 amide bonds. The Hall–Kier alpha value is -1.62. The number of carbonyl (C=O) groups is 1. The quantitative estimate of drug-likeness (QED) is 0.868. The van der Waals surface area contributed by atoms with Gasteiger partial charge < -0.3 is 15.5 Å². The zero-order chi connectivity index (χ0) is 13.2. The molecule has 2 aliphatic heterocycles. The average molecular weight is 263 g/mol. The maximum Gasteiger partial charge on any atom is 0.318 e. The van der Waals surface area contributed by atoms with Crippen molar-refractivity contribution in [3.8, 4) is 0 Å². The molecule has 2 aliphatic rings. The lowest BCUT2D eigenvalue weighted by Gasteiger charge is -2.18. The molecular formula is C14H18FN3O. The smallest absolute Gasteiger partial charge is 0.318 e. The molecule has 2 N–H and O–H groups in total. The molecule has 2 saturated heterocycles. The van der Waals surface area contributed by atoms with Gasteiger partial charge in [0.25, 0.3) is 0 Å². The van der Waals surface area contributed by atoms with Gasteiger partial charge in [-0.25, -0.2) is 9.18 Å². The summed E-state index contributed by atoms with van der Waals surface area (Å²) in [6, 6.07) is 6.31. The monoisotopic (exact) mass is 263 g/mol. The average Bonchev–Trinajstić information content (AvgIpc) is 3.02. The first-order valence-corrected chi connectivity index (χ1v) is 6.74. The normalized spacial score (nSPS) is 26.8. The molecule has 3 rings (SSSR count). The predicted molar refractivity (Wildman–Crippen MR) is 70.2 cm³/mol. The van der Waals surface area contributed by atoms with Crippen LogP contribution in [0.25, 0.3) is 0 Å². The van der Waals surface area contributed by atoms with Gasteiger partial charge >= 0.3 is 6.03 Å². The number of carbonyl (C=O) groups excluding carboxylic acids is 1. The lowest BCUT2D eigenvalue weighted by molar-refractivity contribution is 0.210. The van der Waals surface area contributed by atoms with E-state index in [1.54, 1.807) is 12.1 Å². The number of nitrogens with zero attached hydrogens (tertiary/aromatic N) is 1. The SMILES string of the molecule is O=C1NC(c2ccc(F)cc2)CN1CC1CCNC1. The lowest BCUT2D eigenvalue weighted by Crippen LogP contribution is -2.33. The summed E-state index contributed by atoms with van der Waals surface area (Å²) in [5.74, 6) is 0.305. The Labute approximate surface area is 112 Å². The van der Waals surface area contributed by atoms with Crippen molar-refractivity contribution < 1.29 is 9.18 Å². The summed E-state index contributed by atoms with van der Waals surface area (Å²) in [5, 5.41) is 6.27. The van der Waals surface area contributed by atoms with Crippen molar-refractivity contribution in [2.24, 2.45) is 5.92 Å². The Morgan fingerprint density at radius 1 is 1.32 bits per heavy atom. The minimum atomic E-state index is -0.248. The van der Waals surface area contributed by atoms with E-state index in [9.17, 15) is 9.18 Å². The highest BCUT2D eigenvalue weighted by molar-refractivity contribution is 5.77. The van der Waals surface area contributed by atoms with Crippen LogP contribution in [-0.2, 0) is 0 Å². The van der Waals surface area contributed by atoms with Gasteiger partial charge in [0, 0.05) is 13.1 Å². The minimum absolute atomic E-state index is 0.0128. The van der Waals surface area contributed by atoms with Crippen molar-refractivity contribution >= 4 is 6.03 Å². The van der Waals surface area contributed by atoms with E-state index in [0.717, 1.165) is 31.6 Å². The van der Waals surface area contributed by atoms with Gasteiger partial charge in [0.05, 0.1) is 6.04 Å². The van der Waals surface area contributed by atoms with Crippen LogP contribution in [0.5, 0.6) is 0 Å². The van der Waals surface area contributed by atoms with Gasteiger partial charge in [-0.3, -0.25) is 0 Å². The van der Waals surface area contributed by atoms with E-state index < -0.39 is 0 Å². The fraction of sp³-hybridized carbons (Fsp3) is 0.500. The second-order valence-electron chi connectivity index (χ2n) is 5.32. The highest BCUT2D eigenvalue weighted by Crippen LogP contribution is 2.22. The molecule has 5 heteroatoms. The maximum absolute atomic E-state index is 12.9. The van der Waals surface area contributed by atoms with Crippen molar-refractivity contribution in [2.45, 2.75) is 12.5 Å². The zero-order valence-corrected chi connectivity index (χ0v) is 10.7. The van der Waals surface area contributed by atoms with Crippen LogP contribution in [0.3, 0.4) is 0 Å². The second-order valence-corrected chi connectivity index (χ2v) is 5.32. The molecule has 19 heavy (non-hydrogen) atoms. The first kappa shape index (κ1) is 12.4. The summed E-state index contributed by atoms with van der Waals surface area (Å²) >= 11 is 0. The summed E-state index contributed by atoms with van der Waals surface area (Å²) < 4.78 is 12.9. The highest BCUT2D eigenvalue weighted by atomic mass is 19.1. The molecular weight excluding hydrogens is 245 g/mol. The third-order valence-electron chi connectivity index (χ3n) is 3.90. The molecule has 2 atom stereocenters. The molecule has 2 heterocycles. The number of benzene rings is 1. The summed E-state index contributed by atoms with van der Waals surface area (Å²) in [7, 11) is 0. The molecule has 0 radical (unpaired) electrons. The van der Waals surface area contributed by atoms with E-state index in [2.05, 4.69) is 10.6 Å². The van der Waals surface area contributed by atoms with Crippen molar-refractivity contribution in [3.63, 3.8) is 0 Å². The molecule has 4 nitrogen and oxygen atoms in total. The summed E-state index contributed by atoms with van der Waals surface area (Å²) in [5.41, 5.74) is 0.960. The molecule has 0 aromatic heterocycles. The van der Waals surface area contributed by atoms with E-state index in [1.165, 1.54) is 12.1 Å². The molecule has 1 aromatic carbocycles. The number of hydrogen-bond donors (Lipinski definition) is 2. The number of amides is 2. The third-order valence-corrected chi connectivity index (χ3v) is 3.90. The van der Waals surface area contributed by atoms with E-state index >= 15 is 0 Å². The first-order valence-electron chi connectivity index (χ1n) is 6.74. The van der Waals surface area contributed by atoms with Crippen molar-refractivity contribution in [2.75, 3.05) is 26.2 Å². The molecule has 0 aliphatic carbocycles. The molecule has 0 saturated carbocycles. The Kier molecular flexibility index (Phi) is 3.38. The first-order chi connectivity index (χ1) is 9.22. The van der Waals surface area contributed by atoms with Crippen LogP contribution in [0.4, 0.5) is 9.18 Å². The van der Waals surface area contributed by atoms with E-state index in [-0.39, 0.29) is 17.9 Å². The van der Waals surface area contributed by atoms with Crippen LogP contribution in [0, 0.1) is 11.7 Å². The van der Waals surface area contributed by atoms with E-state index in [4.69, 9.17) is 0 Å². The van der Waals surface area contributed by atoms with Crippen LogP contribution in [0.2, 0.25) is 0 Å². The largest absolute Gasteiger partial charge is 0.329 e. The van der Waals surface area contributed by atoms with E-state index in [0.29, 0.717) is 12.5 Å². The van der Waals surface area contributed by atoms with Crippen LogP contribution in [0.1, 0.15) is 18.0 Å². The number of nitrogens with one attached hydrogen (secondary N) is 2. The van der Waals surface area contributed by atoms with Crippen LogP contribution < -0.4 is 10.6 Å². The molecule has 0 spiro atoms. The molecule has 102 valence electrons. The van der Waals surface area contributed by atoms with E-state index in [1.807, 2.05) is 4.90 Å². The van der Waals surface area contributed by atoms with Gasteiger partial charge in [-0.2, -0.15) is 0 Å². The van der Waals surface area contributed by atoms with Gasteiger partial charge in [-0.15, -0.1) is 0 Å². The van der Waals surface area contributed by atoms with Gasteiger partial charge in [0.2, 0.25) is 0 Å². The van der Waals surface area contributed by atoms with Crippen molar-refractivity contribution in [1.82, 2.24) is 15.5 Å². The Balaban J connectivity index is 1.63. The fourth-order valence-electron chi connectivity index (χ4n) is 2.81. The molecule has 0 bridgehead atoms. The van der Waals surface area contributed by atoms with Gasteiger partial charge in [-0.05, 0) is 43.1 Å². The van der Waals surface area contributed by atoms with Gasteiger partial charge in [-0.1, -0.05) is 12.1 Å². The molecule has 2 unspecified atom stereocenters. The predicted octanol–water partition coefficient (Wildman–Crippen LogP) is 1.50. The topological polar surface area (TPSA) is 44.4 Å². The summed E-state index contributed by atoms with van der Waals surface area (Å²) in [6.07, 6.45) is 1.13. The summed E-state index contributed by atoms with van der Waals surface area (Å²) in [6.45, 7) is 3.50. The van der Waals surface area contributed by atoms with Crippen LogP contribution in [0.15, 0.2) is 24.3 Å². The van der Waals surface area contributed by atoms with Crippen LogP contribution in [-0.4, -0.2) is 37.1 Å². The number of halogens is 1. The zero-order valence-electron chi connectivity index (χ0n) is 10.7. The summed E-state index contributed by atoms with van der Waals surface area (Å²) in [4.78, 5) is 13.8. The standard InChI is InChI=1S/C14H18FN3O/c15-12-3-1-11(2-4-12)13-9-18(14(19)17-13)8-10-5-6-16-7-10/h1-4,10,13,16H,5-9H2,(H,17,19).